The number of hydrogen-bond acceptors (Lipinski definition) is 4. The van der Waals surface area contributed by atoms with Crippen molar-refractivity contribution in [1.29, 1.82) is 0 Å². The fourth-order valence-corrected chi connectivity index (χ4v) is 3.42. The van der Waals surface area contributed by atoms with E-state index < -0.39 is 11.6 Å². The molecule has 27 heavy (non-hydrogen) atoms. The molecule has 0 aliphatic carbocycles. The van der Waals surface area contributed by atoms with Gasteiger partial charge in [0.1, 0.15) is 17.4 Å². The number of piperazine rings is 1. The number of rotatable bonds is 7. The molecule has 1 aliphatic rings. The maximum absolute atomic E-state index is 13.7. The van der Waals surface area contributed by atoms with Gasteiger partial charge in [-0.1, -0.05) is 12.1 Å². The number of carbonyl (C=O) groups is 1. The van der Waals surface area contributed by atoms with Gasteiger partial charge in [-0.25, -0.2) is 8.78 Å². The van der Waals surface area contributed by atoms with Crippen LogP contribution in [0.2, 0.25) is 0 Å². The van der Waals surface area contributed by atoms with Crippen molar-refractivity contribution < 1.29 is 18.3 Å². The fourth-order valence-electron chi connectivity index (χ4n) is 3.42. The summed E-state index contributed by atoms with van der Waals surface area (Å²) in [6.45, 7) is 4.37. The number of ether oxygens (including phenoxy) is 1. The van der Waals surface area contributed by atoms with Crippen LogP contribution in [0.15, 0.2) is 42.5 Å². The van der Waals surface area contributed by atoms with Crippen LogP contribution in [0, 0.1) is 11.6 Å². The minimum atomic E-state index is -0.787. The Balaban J connectivity index is 1.45. The van der Waals surface area contributed by atoms with Gasteiger partial charge in [-0.15, -0.1) is 0 Å². The zero-order chi connectivity index (χ0) is 19.2. The van der Waals surface area contributed by atoms with Crippen LogP contribution in [0.1, 0.15) is 23.2 Å². The fraction of sp³-hybridized carbons (Fsp3) is 0.381. The van der Waals surface area contributed by atoms with Crippen molar-refractivity contribution in [1.82, 2.24) is 4.90 Å². The van der Waals surface area contributed by atoms with E-state index in [9.17, 15) is 13.6 Å². The minimum absolute atomic E-state index is 0.0302. The van der Waals surface area contributed by atoms with Gasteiger partial charge in [-0.3, -0.25) is 9.69 Å². The lowest BCUT2D eigenvalue weighted by Crippen LogP contribution is -2.46. The number of para-hydroxylation sites is 2. The van der Waals surface area contributed by atoms with E-state index in [-0.39, 0.29) is 17.8 Å². The number of halogens is 2. The van der Waals surface area contributed by atoms with Crippen molar-refractivity contribution in [3.63, 3.8) is 0 Å². The molecule has 2 aromatic rings. The third kappa shape index (κ3) is 4.83. The predicted octanol–water partition coefficient (Wildman–Crippen LogP) is 3.76. The van der Waals surface area contributed by atoms with Gasteiger partial charge in [-0.05, 0) is 37.2 Å². The molecule has 1 aliphatic heterocycles. The highest BCUT2D eigenvalue weighted by molar-refractivity contribution is 5.96. The number of nitrogens with zero attached hydrogens (tertiary/aromatic N) is 2. The molecule has 1 saturated heterocycles. The van der Waals surface area contributed by atoms with Crippen molar-refractivity contribution >= 4 is 11.5 Å². The Morgan fingerprint density at radius 3 is 2.52 bits per heavy atom. The highest BCUT2D eigenvalue weighted by Crippen LogP contribution is 2.28. The van der Waals surface area contributed by atoms with Gasteiger partial charge in [0.25, 0.3) is 0 Å². The standard InChI is InChI=1S/C21H24F2N2O2/c1-27-21-7-3-2-5-19(21)25-13-11-24(12-14-25)10-4-6-20(26)17-9-8-16(22)15-18(17)23/h2-3,5,7-9,15H,4,6,10-14H2,1H3. The maximum atomic E-state index is 13.7. The Hall–Kier alpha value is -2.47. The zero-order valence-electron chi connectivity index (χ0n) is 15.5. The first-order valence-electron chi connectivity index (χ1n) is 9.17. The number of hydrogen-bond donors (Lipinski definition) is 0. The normalized spacial score (nSPS) is 15.0. The summed E-state index contributed by atoms with van der Waals surface area (Å²) >= 11 is 0. The van der Waals surface area contributed by atoms with Crippen LogP contribution >= 0.6 is 0 Å². The molecule has 0 amide bonds. The second kappa shape index (κ2) is 8.95. The van der Waals surface area contributed by atoms with Crippen LogP contribution in [0.3, 0.4) is 0 Å². The third-order valence-corrected chi connectivity index (χ3v) is 4.91. The second-order valence-corrected chi connectivity index (χ2v) is 6.65. The van der Waals surface area contributed by atoms with Crippen molar-refractivity contribution in [2.45, 2.75) is 12.8 Å². The van der Waals surface area contributed by atoms with Crippen LogP contribution < -0.4 is 9.64 Å². The van der Waals surface area contributed by atoms with E-state index in [0.717, 1.165) is 56.3 Å². The lowest BCUT2D eigenvalue weighted by atomic mass is 10.1. The topological polar surface area (TPSA) is 32.8 Å². The lowest BCUT2D eigenvalue weighted by molar-refractivity contribution is 0.0970. The Labute approximate surface area is 158 Å². The van der Waals surface area contributed by atoms with Crippen molar-refractivity contribution in [3.05, 3.63) is 59.7 Å². The van der Waals surface area contributed by atoms with Crippen molar-refractivity contribution in [2.75, 3.05) is 44.7 Å². The smallest absolute Gasteiger partial charge is 0.165 e. The van der Waals surface area contributed by atoms with Gasteiger partial charge in [0.15, 0.2) is 5.78 Å². The molecule has 0 atom stereocenters. The number of methoxy groups -OCH3 is 1. The van der Waals surface area contributed by atoms with Crippen LogP contribution in [0.25, 0.3) is 0 Å². The molecule has 0 unspecified atom stereocenters. The first-order valence-corrected chi connectivity index (χ1v) is 9.17. The summed E-state index contributed by atoms with van der Waals surface area (Å²) in [6.07, 6.45) is 0.916. The van der Waals surface area contributed by atoms with Gasteiger partial charge in [0.2, 0.25) is 0 Å². The third-order valence-electron chi connectivity index (χ3n) is 4.91. The average Bonchev–Trinajstić information content (AvgIpc) is 2.68. The molecule has 144 valence electrons. The molecule has 0 spiro atoms. The molecule has 0 aromatic heterocycles. The molecule has 1 heterocycles. The average molecular weight is 374 g/mol. The predicted molar refractivity (Wildman–Crippen MR) is 102 cm³/mol. The van der Waals surface area contributed by atoms with E-state index in [0.29, 0.717) is 6.42 Å². The highest BCUT2D eigenvalue weighted by atomic mass is 19.1. The summed E-state index contributed by atoms with van der Waals surface area (Å²) in [5.41, 5.74) is 1.07. The quantitative estimate of drug-likeness (QED) is 0.691. The van der Waals surface area contributed by atoms with Crippen LogP contribution in [0.4, 0.5) is 14.5 Å². The first kappa shape index (κ1) is 19.3. The van der Waals surface area contributed by atoms with Gasteiger partial charge < -0.3 is 9.64 Å². The number of benzene rings is 2. The van der Waals surface area contributed by atoms with Gasteiger partial charge in [0, 0.05) is 38.7 Å². The summed E-state index contributed by atoms with van der Waals surface area (Å²) in [4.78, 5) is 16.7. The highest BCUT2D eigenvalue weighted by Gasteiger charge is 2.20. The lowest BCUT2D eigenvalue weighted by Gasteiger charge is -2.36. The molecular weight excluding hydrogens is 350 g/mol. The largest absolute Gasteiger partial charge is 0.495 e. The zero-order valence-corrected chi connectivity index (χ0v) is 15.5. The molecule has 0 bridgehead atoms. The molecule has 1 fully saturated rings. The summed E-state index contributed by atoms with van der Waals surface area (Å²) in [5.74, 6) is -0.861. The molecule has 4 nitrogen and oxygen atoms in total. The summed E-state index contributed by atoms with van der Waals surface area (Å²) in [5, 5.41) is 0. The second-order valence-electron chi connectivity index (χ2n) is 6.65. The number of carbonyl (C=O) groups excluding carboxylic acids is 1. The SMILES string of the molecule is COc1ccccc1N1CCN(CCCC(=O)c2ccc(F)cc2F)CC1. The number of ketones is 1. The Morgan fingerprint density at radius 2 is 1.81 bits per heavy atom. The molecule has 3 rings (SSSR count). The number of Topliss-reactive ketones (excluding diaryl/α,β-unsaturated/α-hetero) is 1. The van der Waals surface area contributed by atoms with Crippen LogP contribution in [-0.2, 0) is 0 Å². The van der Waals surface area contributed by atoms with E-state index in [1.54, 1.807) is 7.11 Å². The molecule has 0 N–H and O–H groups in total. The first-order chi connectivity index (χ1) is 13.1. The van der Waals surface area contributed by atoms with E-state index in [4.69, 9.17) is 4.74 Å². The maximum Gasteiger partial charge on any atom is 0.165 e. The monoisotopic (exact) mass is 374 g/mol. The van der Waals surface area contributed by atoms with Gasteiger partial charge in [0.05, 0.1) is 18.4 Å². The van der Waals surface area contributed by atoms with Gasteiger partial charge in [-0.2, -0.15) is 0 Å². The molecule has 2 aromatic carbocycles. The summed E-state index contributed by atoms with van der Waals surface area (Å²) in [7, 11) is 1.68. The molecule has 6 heteroatoms. The van der Waals surface area contributed by atoms with Crippen molar-refractivity contribution in [3.8, 4) is 5.75 Å². The van der Waals surface area contributed by atoms with Gasteiger partial charge >= 0.3 is 0 Å². The summed E-state index contributed by atoms with van der Waals surface area (Å²) < 4.78 is 32.0. The Kier molecular flexibility index (Phi) is 6.40. The molecule has 0 saturated carbocycles. The van der Waals surface area contributed by atoms with E-state index in [2.05, 4.69) is 15.9 Å². The van der Waals surface area contributed by atoms with Crippen LogP contribution in [0.5, 0.6) is 5.75 Å². The molecular formula is C21H24F2N2O2. The number of anilines is 1. The van der Waals surface area contributed by atoms with Crippen molar-refractivity contribution in [2.24, 2.45) is 0 Å². The minimum Gasteiger partial charge on any atom is -0.495 e. The molecule has 0 radical (unpaired) electrons. The Bertz CT molecular complexity index is 790. The summed E-state index contributed by atoms with van der Waals surface area (Å²) in [6, 6.07) is 11.1. The van der Waals surface area contributed by atoms with Crippen LogP contribution in [-0.4, -0.2) is 50.5 Å². The Morgan fingerprint density at radius 1 is 1.07 bits per heavy atom. The van der Waals surface area contributed by atoms with E-state index >= 15 is 0 Å². The van der Waals surface area contributed by atoms with E-state index in [1.807, 2.05) is 18.2 Å². The van der Waals surface area contributed by atoms with E-state index in [1.165, 1.54) is 6.07 Å².